The summed E-state index contributed by atoms with van der Waals surface area (Å²) in [6, 6.07) is 5.61. The number of ether oxygens (including phenoxy) is 1. The minimum atomic E-state index is -0.531. The molecule has 2 N–H and O–H groups in total. The minimum Gasteiger partial charge on any atom is -0.444 e. The van der Waals surface area contributed by atoms with Gasteiger partial charge in [-0.1, -0.05) is 6.07 Å². The first-order valence-electron chi connectivity index (χ1n) is 9.06. The fourth-order valence-corrected chi connectivity index (χ4v) is 2.97. The molecule has 0 radical (unpaired) electrons. The Kier molecular flexibility index (Phi) is 4.95. The third-order valence-corrected chi connectivity index (χ3v) is 4.59. The lowest BCUT2D eigenvalue weighted by atomic mass is 10.1. The fraction of sp³-hybridized carbons (Fsp3) is 0.450. The van der Waals surface area contributed by atoms with Crippen molar-refractivity contribution in [3.05, 3.63) is 46.1 Å². The van der Waals surface area contributed by atoms with Gasteiger partial charge in [-0.3, -0.25) is 9.89 Å². The van der Waals surface area contributed by atoms with Crippen molar-refractivity contribution in [3.63, 3.8) is 0 Å². The van der Waals surface area contributed by atoms with Gasteiger partial charge in [0.1, 0.15) is 5.60 Å². The molecule has 0 saturated carbocycles. The van der Waals surface area contributed by atoms with Gasteiger partial charge >= 0.3 is 6.09 Å². The molecule has 0 unspecified atom stereocenters. The molecule has 2 aromatic rings. The van der Waals surface area contributed by atoms with E-state index in [1.165, 1.54) is 0 Å². The second-order valence-corrected chi connectivity index (χ2v) is 7.93. The van der Waals surface area contributed by atoms with E-state index in [0.717, 1.165) is 22.4 Å². The van der Waals surface area contributed by atoms with Crippen LogP contribution in [-0.2, 0) is 17.7 Å². The summed E-state index contributed by atoms with van der Waals surface area (Å²) in [6.07, 6.45) is 0.261. The van der Waals surface area contributed by atoms with Gasteiger partial charge in [-0.15, -0.1) is 0 Å². The topological polar surface area (TPSA) is 87.3 Å². The molecule has 0 aliphatic carbocycles. The van der Waals surface area contributed by atoms with E-state index in [1.54, 1.807) is 11.0 Å². The first kappa shape index (κ1) is 18.9. The van der Waals surface area contributed by atoms with Crippen molar-refractivity contribution in [2.24, 2.45) is 0 Å². The number of anilines is 1. The van der Waals surface area contributed by atoms with E-state index in [2.05, 4.69) is 15.5 Å². The third kappa shape index (κ3) is 4.30. The number of aryl methyl sites for hydroxylation is 2. The predicted octanol–water partition coefficient (Wildman–Crippen LogP) is 3.57. The van der Waals surface area contributed by atoms with Crippen LogP contribution in [0.15, 0.2) is 18.2 Å². The van der Waals surface area contributed by atoms with Crippen molar-refractivity contribution < 1.29 is 14.3 Å². The van der Waals surface area contributed by atoms with Crippen molar-refractivity contribution in [2.45, 2.75) is 53.2 Å². The summed E-state index contributed by atoms with van der Waals surface area (Å²) in [7, 11) is 0. The summed E-state index contributed by atoms with van der Waals surface area (Å²) in [5.74, 6) is 0.332. The van der Waals surface area contributed by atoms with Gasteiger partial charge in [0, 0.05) is 17.7 Å². The van der Waals surface area contributed by atoms with Crippen LogP contribution in [0.4, 0.5) is 10.6 Å². The number of hydrogen-bond donors (Lipinski definition) is 2. The van der Waals surface area contributed by atoms with Crippen LogP contribution in [0.1, 0.15) is 53.5 Å². The summed E-state index contributed by atoms with van der Waals surface area (Å²) in [6.45, 7) is 10.4. The maximum Gasteiger partial charge on any atom is 0.410 e. The molecule has 0 saturated heterocycles. The van der Waals surface area contributed by atoms with Gasteiger partial charge in [0.25, 0.3) is 5.91 Å². The molecule has 2 amide bonds. The smallest absolute Gasteiger partial charge is 0.410 e. The standard InChI is InChI=1S/C20H26N4O3/c1-12-6-7-14(10-13(12)2)18(25)21-17-15-8-9-24(11-16(15)22-23-17)19(26)27-20(3,4)5/h6-7,10H,8-9,11H2,1-5H3,(H2,21,22,23,25). The van der Waals surface area contributed by atoms with Gasteiger partial charge < -0.3 is 15.0 Å². The number of nitrogens with zero attached hydrogens (tertiary/aromatic N) is 2. The molecule has 3 rings (SSSR count). The quantitative estimate of drug-likeness (QED) is 0.846. The molecule has 2 heterocycles. The van der Waals surface area contributed by atoms with E-state index in [4.69, 9.17) is 4.74 Å². The van der Waals surface area contributed by atoms with Gasteiger partial charge in [0.05, 0.1) is 12.2 Å². The van der Waals surface area contributed by atoms with E-state index < -0.39 is 5.60 Å². The van der Waals surface area contributed by atoms with E-state index in [-0.39, 0.29) is 12.0 Å². The summed E-state index contributed by atoms with van der Waals surface area (Å²) >= 11 is 0. The van der Waals surface area contributed by atoms with E-state index in [9.17, 15) is 9.59 Å². The molecule has 7 heteroatoms. The number of rotatable bonds is 2. The second kappa shape index (κ2) is 7.06. The Morgan fingerprint density at radius 2 is 1.96 bits per heavy atom. The second-order valence-electron chi connectivity index (χ2n) is 7.93. The van der Waals surface area contributed by atoms with Crippen molar-refractivity contribution in [3.8, 4) is 0 Å². The molecule has 1 aliphatic heterocycles. The first-order valence-corrected chi connectivity index (χ1v) is 9.06. The Morgan fingerprint density at radius 3 is 2.63 bits per heavy atom. The third-order valence-electron chi connectivity index (χ3n) is 4.59. The Hall–Kier alpha value is -2.83. The lowest BCUT2D eigenvalue weighted by Gasteiger charge is -2.29. The summed E-state index contributed by atoms with van der Waals surface area (Å²) in [4.78, 5) is 26.4. The normalized spacial score (nSPS) is 13.9. The maximum absolute atomic E-state index is 12.5. The number of benzene rings is 1. The highest BCUT2D eigenvalue weighted by atomic mass is 16.6. The molecule has 0 atom stereocenters. The van der Waals surface area contributed by atoms with E-state index in [1.807, 2.05) is 46.8 Å². The number of aromatic nitrogens is 2. The molecule has 1 aromatic carbocycles. The van der Waals surface area contributed by atoms with E-state index >= 15 is 0 Å². The number of amides is 2. The lowest BCUT2D eigenvalue weighted by molar-refractivity contribution is 0.0221. The van der Waals surface area contributed by atoms with Gasteiger partial charge in [-0.2, -0.15) is 5.10 Å². The van der Waals surface area contributed by atoms with Gasteiger partial charge in [-0.25, -0.2) is 4.79 Å². The lowest BCUT2D eigenvalue weighted by Crippen LogP contribution is -2.39. The van der Waals surface area contributed by atoms with Crippen molar-refractivity contribution >= 4 is 17.8 Å². The van der Waals surface area contributed by atoms with Gasteiger partial charge in [0.2, 0.25) is 0 Å². The molecule has 27 heavy (non-hydrogen) atoms. The van der Waals surface area contributed by atoms with Crippen molar-refractivity contribution in [1.29, 1.82) is 0 Å². The zero-order valence-corrected chi connectivity index (χ0v) is 16.5. The number of carbonyl (C=O) groups is 2. The zero-order chi connectivity index (χ0) is 19.8. The molecular formula is C20H26N4O3. The molecule has 1 aliphatic rings. The molecule has 144 valence electrons. The molecule has 0 fully saturated rings. The maximum atomic E-state index is 12.5. The fourth-order valence-electron chi connectivity index (χ4n) is 2.97. The zero-order valence-electron chi connectivity index (χ0n) is 16.5. The first-order chi connectivity index (χ1) is 12.6. The average molecular weight is 370 g/mol. The van der Waals surface area contributed by atoms with Gasteiger partial charge in [0.15, 0.2) is 5.82 Å². The summed E-state index contributed by atoms with van der Waals surface area (Å²) in [5, 5.41) is 10.1. The van der Waals surface area contributed by atoms with Crippen LogP contribution in [0.2, 0.25) is 0 Å². The number of H-pyrrole nitrogens is 1. The monoisotopic (exact) mass is 370 g/mol. The van der Waals surface area contributed by atoms with Crippen LogP contribution in [-0.4, -0.2) is 39.2 Å². The Bertz CT molecular complexity index is 880. The molecule has 0 bridgehead atoms. The largest absolute Gasteiger partial charge is 0.444 e. The number of carbonyl (C=O) groups excluding carboxylic acids is 2. The average Bonchev–Trinajstić information content (AvgIpc) is 2.98. The highest BCUT2D eigenvalue weighted by Crippen LogP contribution is 2.25. The molecule has 0 spiro atoms. The Balaban J connectivity index is 1.70. The Labute approximate surface area is 159 Å². The van der Waals surface area contributed by atoms with Crippen LogP contribution in [0.25, 0.3) is 0 Å². The van der Waals surface area contributed by atoms with Crippen molar-refractivity contribution in [2.75, 3.05) is 11.9 Å². The highest BCUT2D eigenvalue weighted by molar-refractivity contribution is 6.04. The molecule has 1 aromatic heterocycles. The van der Waals surface area contributed by atoms with Crippen LogP contribution >= 0.6 is 0 Å². The molecular weight excluding hydrogens is 344 g/mol. The number of aromatic amines is 1. The summed E-state index contributed by atoms with van der Waals surface area (Å²) in [5.41, 5.74) is 4.04. The van der Waals surface area contributed by atoms with Gasteiger partial charge in [-0.05, 0) is 64.3 Å². The van der Waals surface area contributed by atoms with Crippen LogP contribution in [0.3, 0.4) is 0 Å². The van der Waals surface area contributed by atoms with E-state index in [0.29, 0.717) is 30.9 Å². The highest BCUT2D eigenvalue weighted by Gasteiger charge is 2.28. The summed E-state index contributed by atoms with van der Waals surface area (Å²) < 4.78 is 5.43. The minimum absolute atomic E-state index is 0.193. The molecule has 7 nitrogen and oxygen atoms in total. The SMILES string of the molecule is Cc1ccc(C(=O)Nc2n[nH]c3c2CCN(C(=O)OC(C)(C)C)C3)cc1C. The number of hydrogen-bond acceptors (Lipinski definition) is 4. The van der Waals surface area contributed by atoms with Crippen LogP contribution < -0.4 is 5.32 Å². The Morgan fingerprint density at radius 1 is 1.22 bits per heavy atom. The van der Waals surface area contributed by atoms with Crippen LogP contribution in [0, 0.1) is 13.8 Å². The number of fused-ring (bicyclic) bond motifs is 1. The number of nitrogens with one attached hydrogen (secondary N) is 2. The van der Waals surface area contributed by atoms with Crippen molar-refractivity contribution in [1.82, 2.24) is 15.1 Å². The van der Waals surface area contributed by atoms with Crippen LogP contribution in [0.5, 0.6) is 0 Å². The predicted molar refractivity (Wildman–Crippen MR) is 103 cm³/mol.